The van der Waals surface area contributed by atoms with Crippen molar-refractivity contribution < 1.29 is 14.3 Å². The van der Waals surface area contributed by atoms with Crippen molar-refractivity contribution in [3.8, 4) is 5.75 Å². The average Bonchev–Trinajstić information content (AvgIpc) is 3.26. The van der Waals surface area contributed by atoms with Crippen LogP contribution in [0.4, 0.5) is 5.95 Å². The van der Waals surface area contributed by atoms with Gasteiger partial charge in [-0.3, -0.25) is 0 Å². The molecule has 1 aliphatic rings. The maximum Gasteiger partial charge on any atom is 0.338 e. The highest BCUT2D eigenvalue weighted by atomic mass is 16.5. The second kappa shape index (κ2) is 9.68. The highest BCUT2D eigenvalue weighted by Gasteiger charge is 2.34. The second-order valence-electron chi connectivity index (χ2n) is 7.87. The maximum absolute atomic E-state index is 13.0. The average molecular weight is 433 g/mol. The summed E-state index contributed by atoms with van der Waals surface area (Å²) in [6.07, 6.45) is 3.27. The van der Waals surface area contributed by atoms with Crippen LogP contribution in [-0.4, -0.2) is 27.3 Å². The molecule has 0 saturated carbocycles. The number of fused-ring (bicyclic) bond motifs is 1. The minimum Gasteiger partial charge on any atom is -0.489 e. The first-order valence-electron chi connectivity index (χ1n) is 10.9. The predicted octanol–water partition coefficient (Wildman–Crippen LogP) is 4.80. The van der Waals surface area contributed by atoms with Crippen LogP contribution in [-0.2, 0) is 16.1 Å². The van der Waals surface area contributed by atoms with Gasteiger partial charge in [-0.1, -0.05) is 49.7 Å². The Balaban J connectivity index is 1.57. The number of allylic oxidation sites excluding steroid dienone is 1. The zero-order valence-corrected chi connectivity index (χ0v) is 18.7. The van der Waals surface area contributed by atoms with Crippen LogP contribution in [0.3, 0.4) is 0 Å². The summed E-state index contributed by atoms with van der Waals surface area (Å²) in [5.41, 5.74) is 4.51. The van der Waals surface area contributed by atoms with Gasteiger partial charge in [0, 0.05) is 5.70 Å². The highest BCUT2D eigenvalue weighted by molar-refractivity contribution is 5.92. The SMILES string of the molecule is CCCCOC(=O)C1=C(C)Nc2ncnn2C1c1ccc(OCc2ccccc2C)cc1. The number of hydrogen-bond donors (Lipinski definition) is 1. The number of esters is 1. The summed E-state index contributed by atoms with van der Waals surface area (Å²) in [4.78, 5) is 17.2. The molecule has 0 saturated heterocycles. The van der Waals surface area contributed by atoms with E-state index in [1.807, 2.05) is 43.3 Å². The molecule has 2 heterocycles. The molecule has 0 aliphatic carbocycles. The molecule has 0 spiro atoms. The quantitative estimate of drug-likeness (QED) is 0.407. The molecule has 1 atom stereocenters. The molecular formula is C25H28N4O3. The Morgan fingerprint density at radius 3 is 2.66 bits per heavy atom. The number of ether oxygens (including phenoxy) is 2. The molecule has 1 aromatic heterocycles. The number of nitrogens with one attached hydrogen (secondary N) is 1. The Bertz CT molecular complexity index is 1120. The van der Waals surface area contributed by atoms with Crippen LogP contribution < -0.4 is 10.1 Å². The van der Waals surface area contributed by atoms with Crippen LogP contribution in [0.25, 0.3) is 0 Å². The van der Waals surface area contributed by atoms with Crippen molar-refractivity contribution >= 4 is 11.9 Å². The van der Waals surface area contributed by atoms with Crippen molar-refractivity contribution in [3.63, 3.8) is 0 Å². The van der Waals surface area contributed by atoms with Crippen LogP contribution >= 0.6 is 0 Å². The fourth-order valence-corrected chi connectivity index (χ4v) is 3.73. The fourth-order valence-electron chi connectivity index (χ4n) is 3.73. The summed E-state index contributed by atoms with van der Waals surface area (Å²) < 4.78 is 13.2. The molecule has 166 valence electrons. The van der Waals surface area contributed by atoms with Crippen LogP contribution in [0.2, 0.25) is 0 Å². The number of carbonyl (C=O) groups excluding carboxylic acids is 1. The minimum absolute atomic E-state index is 0.338. The van der Waals surface area contributed by atoms with E-state index in [9.17, 15) is 4.79 Å². The zero-order chi connectivity index (χ0) is 22.5. The van der Waals surface area contributed by atoms with Gasteiger partial charge in [0.05, 0.1) is 12.2 Å². The van der Waals surface area contributed by atoms with E-state index >= 15 is 0 Å². The number of rotatable bonds is 8. The van der Waals surface area contributed by atoms with Gasteiger partial charge < -0.3 is 14.8 Å². The number of nitrogens with zero attached hydrogens (tertiary/aromatic N) is 3. The number of aryl methyl sites for hydroxylation is 1. The van der Waals surface area contributed by atoms with E-state index in [1.54, 1.807) is 4.68 Å². The summed E-state index contributed by atoms with van der Waals surface area (Å²) in [6.45, 7) is 6.90. The summed E-state index contributed by atoms with van der Waals surface area (Å²) in [5.74, 6) is 1.02. The van der Waals surface area contributed by atoms with Crippen molar-refractivity contribution in [2.24, 2.45) is 0 Å². The van der Waals surface area contributed by atoms with Gasteiger partial charge in [0.25, 0.3) is 0 Å². The normalized spacial score (nSPS) is 15.2. The Kier molecular flexibility index (Phi) is 6.54. The van der Waals surface area contributed by atoms with Gasteiger partial charge >= 0.3 is 5.97 Å². The number of benzene rings is 2. The van der Waals surface area contributed by atoms with E-state index in [1.165, 1.54) is 11.9 Å². The van der Waals surface area contributed by atoms with Crippen LogP contribution in [0.15, 0.2) is 66.1 Å². The number of anilines is 1. The second-order valence-corrected chi connectivity index (χ2v) is 7.87. The summed E-state index contributed by atoms with van der Waals surface area (Å²) in [7, 11) is 0. The third kappa shape index (κ3) is 4.51. The van der Waals surface area contributed by atoms with Gasteiger partial charge in [-0.25, -0.2) is 9.48 Å². The molecule has 1 unspecified atom stereocenters. The van der Waals surface area contributed by atoms with Gasteiger partial charge in [0.15, 0.2) is 0 Å². The monoisotopic (exact) mass is 432 g/mol. The summed E-state index contributed by atoms with van der Waals surface area (Å²) >= 11 is 0. The largest absolute Gasteiger partial charge is 0.489 e. The van der Waals surface area contributed by atoms with Gasteiger partial charge in [0.2, 0.25) is 5.95 Å². The molecule has 0 amide bonds. The van der Waals surface area contributed by atoms with Crippen molar-refractivity contribution in [2.45, 2.75) is 46.3 Å². The van der Waals surface area contributed by atoms with Gasteiger partial charge in [-0.05, 0) is 49.1 Å². The lowest BCUT2D eigenvalue weighted by Crippen LogP contribution is -2.29. The topological polar surface area (TPSA) is 78.3 Å². The molecule has 7 heteroatoms. The van der Waals surface area contributed by atoms with E-state index < -0.39 is 6.04 Å². The van der Waals surface area contributed by atoms with E-state index in [2.05, 4.69) is 41.4 Å². The predicted molar refractivity (Wildman–Crippen MR) is 122 cm³/mol. The van der Waals surface area contributed by atoms with Gasteiger partial charge in [0.1, 0.15) is 24.7 Å². The maximum atomic E-state index is 13.0. The molecule has 0 fully saturated rings. The zero-order valence-electron chi connectivity index (χ0n) is 18.7. The van der Waals surface area contributed by atoms with Crippen molar-refractivity contribution in [1.82, 2.24) is 14.8 Å². The molecular weight excluding hydrogens is 404 g/mol. The van der Waals surface area contributed by atoms with Crippen molar-refractivity contribution in [2.75, 3.05) is 11.9 Å². The van der Waals surface area contributed by atoms with Gasteiger partial charge in [-0.2, -0.15) is 10.1 Å². The third-order valence-corrected chi connectivity index (χ3v) is 5.60. The van der Waals surface area contributed by atoms with E-state index in [0.717, 1.165) is 35.4 Å². The Labute approximate surface area is 188 Å². The molecule has 0 radical (unpaired) electrons. The van der Waals surface area contributed by atoms with E-state index in [4.69, 9.17) is 9.47 Å². The van der Waals surface area contributed by atoms with Gasteiger partial charge in [-0.15, -0.1) is 0 Å². The Morgan fingerprint density at radius 1 is 1.12 bits per heavy atom. The van der Waals surface area contributed by atoms with Crippen molar-refractivity contribution in [1.29, 1.82) is 0 Å². The third-order valence-electron chi connectivity index (χ3n) is 5.60. The number of hydrogen-bond acceptors (Lipinski definition) is 6. The molecule has 4 rings (SSSR count). The highest BCUT2D eigenvalue weighted by Crippen LogP contribution is 2.35. The molecule has 7 nitrogen and oxygen atoms in total. The Morgan fingerprint density at radius 2 is 1.91 bits per heavy atom. The molecule has 1 aliphatic heterocycles. The lowest BCUT2D eigenvalue weighted by Gasteiger charge is -2.28. The molecule has 3 aromatic rings. The standard InChI is InChI=1S/C25H28N4O3/c1-4-5-14-31-24(30)22-18(3)28-25-26-16-27-29(25)23(22)19-10-12-21(13-11-19)32-15-20-9-7-6-8-17(20)2/h6-13,16,23H,4-5,14-15H2,1-3H3,(H,26,27,28). The first-order valence-corrected chi connectivity index (χ1v) is 10.9. The van der Waals surface area contributed by atoms with Crippen LogP contribution in [0.1, 0.15) is 49.4 Å². The first kappa shape index (κ1) is 21.6. The minimum atomic E-state index is -0.423. The van der Waals surface area contributed by atoms with E-state index in [0.29, 0.717) is 24.7 Å². The first-order chi connectivity index (χ1) is 15.6. The van der Waals surface area contributed by atoms with Crippen LogP contribution in [0, 0.1) is 6.92 Å². The lowest BCUT2D eigenvalue weighted by atomic mass is 9.95. The number of unbranched alkanes of at least 4 members (excludes halogenated alkanes) is 1. The number of carbonyl (C=O) groups is 1. The van der Waals surface area contributed by atoms with Crippen molar-refractivity contribution in [3.05, 3.63) is 82.8 Å². The smallest absolute Gasteiger partial charge is 0.338 e. The summed E-state index contributed by atoms with van der Waals surface area (Å²) in [5, 5.41) is 7.52. The fraction of sp³-hybridized carbons (Fsp3) is 0.320. The molecule has 32 heavy (non-hydrogen) atoms. The summed E-state index contributed by atoms with van der Waals surface area (Å²) in [6, 6.07) is 15.5. The molecule has 2 aromatic carbocycles. The Hall–Kier alpha value is -3.61. The lowest BCUT2D eigenvalue weighted by molar-refractivity contribution is -0.139. The van der Waals surface area contributed by atoms with E-state index in [-0.39, 0.29) is 5.97 Å². The molecule has 1 N–H and O–H groups in total. The van der Waals surface area contributed by atoms with Crippen LogP contribution in [0.5, 0.6) is 5.75 Å². The number of aromatic nitrogens is 3. The molecule has 0 bridgehead atoms.